The molecular formula is C30H29ClF3N9O5. The van der Waals surface area contributed by atoms with Crippen molar-refractivity contribution in [3.8, 4) is 5.75 Å². The molecule has 48 heavy (non-hydrogen) atoms. The largest absolute Gasteiger partial charge is 0.505 e. The number of pyridine rings is 2. The van der Waals surface area contributed by atoms with Crippen molar-refractivity contribution >= 4 is 46.1 Å². The molecule has 6 rings (SSSR count). The summed E-state index contributed by atoms with van der Waals surface area (Å²) in [5, 5.41) is 16.8. The first-order valence-electron chi connectivity index (χ1n) is 15.0. The number of fused-ring (bicyclic) bond motifs is 1. The molecule has 0 atom stereocenters. The molecule has 0 saturated carbocycles. The van der Waals surface area contributed by atoms with E-state index in [-0.39, 0.29) is 66.2 Å². The number of carbonyl (C=O) groups excluding carboxylic acids is 2. The standard InChI is InChI=1S/C30H29ClF3N9O5/c1-2-20-25(40-8-10-41(11-9-40)27(46)24-21(44)4-3-7-35-24)28(47)43-29(38-26(39-43)17-5-12-48-13-6-17)42(20)16-23(45)37-19-15-36-22(14-18(19)31)30(32,33)34/h3-5,7,14-15,44H,2,6,8-13,16H2,1H3,(H,37,45). The van der Waals surface area contributed by atoms with Crippen molar-refractivity contribution in [1.29, 1.82) is 0 Å². The second-order valence-electron chi connectivity index (χ2n) is 11.0. The van der Waals surface area contributed by atoms with Gasteiger partial charge in [-0.2, -0.15) is 22.7 Å². The molecular weight excluding hydrogens is 659 g/mol. The first-order chi connectivity index (χ1) is 23.0. The third-order valence-electron chi connectivity index (χ3n) is 8.00. The lowest BCUT2D eigenvalue weighted by atomic mass is 10.1. The maximum absolute atomic E-state index is 14.1. The van der Waals surface area contributed by atoms with Crippen LogP contribution in [0.15, 0.2) is 41.5 Å². The first kappa shape index (κ1) is 32.9. The lowest BCUT2D eigenvalue weighted by Gasteiger charge is -2.36. The molecule has 0 radical (unpaired) electrons. The number of nitrogens with zero attached hydrogens (tertiary/aromatic N) is 8. The van der Waals surface area contributed by atoms with Crippen LogP contribution in [0.4, 0.5) is 24.5 Å². The van der Waals surface area contributed by atoms with E-state index in [0.717, 1.165) is 16.3 Å². The number of hydrogen-bond donors (Lipinski definition) is 2. The number of aromatic nitrogens is 6. The predicted octanol–water partition coefficient (Wildman–Crippen LogP) is 3.03. The zero-order chi connectivity index (χ0) is 34.2. The van der Waals surface area contributed by atoms with Gasteiger partial charge in [0.25, 0.3) is 11.5 Å². The van der Waals surface area contributed by atoms with Crippen molar-refractivity contribution < 1.29 is 32.6 Å². The highest BCUT2D eigenvalue weighted by Crippen LogP contribution is 2.32. The van der Waals surface area contributed by atoms with E-state index in [4.69, 9.17) is 16.3 Å². The molecule has 0 bridgehead atoms. The Kier molecular flexibility index (Phi) is 9.07. The van der Waals surface area contributed by atoms with E-state index >= 15 is 0 Å². The quantitative estimate of drug-likeness (QED) is 0.296. The number of aromatic hydroxyl groups is 1. The van der Waals surface area contributed by atoms with Crippen molar-refractivity contribution in [1.82, 2.24) is 34.0 Å². The summed E-state index contributed by atoms with van der Waals surface area (Å²) in [5.74, 6) is -0.960. The number of ether oxygens (including phenoxy) is 1. The van der Waals surface area contributed by atoms with E-state index in [1.165, 1.54) is 27.8 Å². The number of halogens is 4. The summed E-state index contributed by atoms with van der Waals surface area (Å²) >= 11 is 6.06. The molecule has 2 N–H and O–H groups in total. The number of nitrogens with one attached hydrogen (secondary N) is 1. The monoisotopic (exact) mass is 687 g/mol. The molecule has 2 aliphatic heterocycles. The average Bonchev–Trinajstić information content (AvgIpc) is 3.53. The Morgan fingerprint density at radius 1 is 1.17 bits per heavy atom. The predicted molar refractivity (Wildman–Crippen MR) is 167 cm³/mol. The van der Waals surface area contributed by atoms with Crippen LogP contribution < -0.4 is 15.8 Å². The Balaban J connectivity index is 1.35. The third kappa shape index (κ3) is 6.42. The van der Waals surface area contributed by atoms with Crippen LogP contribution in [0, 0.1) is 0 Å². The van der Waals surface area contributed by atoms with E-state index in [0.29, 0.717) is 37.2 Å². The Morgan fingerprint density at radius 3 is 2.58 bits per heavy atom. The lowest BCUT2D eigenvalue weighted by molar-refractivity contribution is -0.141. The number of amides is 2. The summed E-state index contributed by atoms with van der Waals surface area (Å²) in [6.07, 6.45) is 0.141. The molecule has 0 unspecified atom stereocenters. The number of piperazine rings is 1. The second-order valence-corrected chi connectivity index (χ2v) is 11.4. The van der Waals surface area contributed by atoms with Crippen LogP contribution in [0.5, 0.6) is 5.75 Å². The third-order valence-corrected chi connectivity index (χ3v) is 8.32. The van der Waals surface area contributed by atoms with Crippen LogP contribution in [0.1, 0.15) is 41.0 Å². The molecule has 252 valence electrons. The normalized spacial score (nSPS) is 15.5. The molecule has 4 aromatic heterocycles. The van der Waals surface area contributed by atoms with Gasteiger partial charge in [0.15, 0.2) is 11.5 Å². The van der Waals surface area contributed by atoms with Crippen LogP contribution in [-0.4, -0.2) is 90.3 Å². The SMILES string of the molecule is CCc1c(N2CCN(C(=O)c3ncccc3O)CC2)c(=O)n2nc(C3=CCOCC3)nc2n1CC(=O)Nc1cnc(C(F)(F)F)cc1Cl. The topological polar surface area (TPSA) is 160 Å². The van der Waals surface area contributed by atoms with Gasteiger partial charge in [0.2, 0.25) is 11.7 Å². The summed E-state index contributed by atoms with van der Waals surface area (Å²) in [4.78, 5) is 55.9. The van der Waals surface area contributed by atoms with Gasteiger partial charge >= 0.3 is 6.18 Å². The highest BCUT2D eigenvalue weighted by atomic mass is 35.5. The van der Waals surface area contributed by atoms with E-state index in [9.17, 15) is 32.7 Å². The molecule has 14 nitrogen and oxygen atoms in total. The van der Waals surface area contributed by atoms with Gasteiger partial charge in [0.05, 0.1) is 35.8 Å². The van der Waals surface area contributed by atoms with Gasteiger partial charge in [-0.1, -0.05) is 24.6 Å². The smallest absolute Gasteiger partial charge is 0.433 e. The molecule has 6 heterocycles. The number of rotatable bonds is 7. The van der Waals surface area contributed by atoms with Gasteiger partial charge in [-0.25, -0.2) is 9.97 Å². The molecule has 0 aliphatic carbocycles. The van der Waals surface area contributed by atoms with Gasteiger partial charge in [-0.05, 0) is 36.6 Å². The van der Waals surface area contributed by atoms with Crippen LogP contribution in [0.3, 0.4) is 0 Å². The average molecular weight is 688 g/mol. The molecule has 2 amide bonds. The van der Waals surface area contributed by atoms with Crippen LogP contribution in [-0.2, 0) is 28.7 Å². The van der Waals surface area contributed by atoms with E-state index < -0.39 is 35.8 Å². The fraction of sp³-hybridized carbons (Fsp3) is 0.367. The Morgan fingerprint density at radius 2 is 1.94 bits per heavy atom. The van der Waals surface area contributed by atoms with E-state index in [1.54, 1.807) is 0 Å². The van der Waals surface area contributed by atoms with Crippen molar-refractivity contribution in [2.75, 3.05) is 49.6 Å². The Bertz CT molecular complexity index is 1990. The van der Waals surface area contributed by atoms with Gasteiger partial charge in [-0.3, -0.25) is 14.4 Å². The summed E-state index contributed by atoms with van der Waals surface area (Å²) < 4.78 is 47.4. The lowest BCUT2D eigenvalue weighted by Crippen LogP contribution is -2.51. The summed E-state index contributed by atoms with van der Waals surface area (Å²) in [6.45, 7) is 3.13. The van der Waals surface area contributed by atoms with Crippen LogP contribution >= 0.6 is 11.6 Å². The zero-order valence-corrected chi connectivity index (χ0v) is 26.3. The van der Waals surface area contributed by atoms with Gasteiger partial charge < -0.3 is 29.5 Å². The van der Waals surface area contributed by atoms with Gasteiger partial charge in [-0.15, -0.1) is 5.10 Å². The number of carbonyl (C=O) groups is 2. The van der Waals surface area contributed by atoms with Crippen molar-refractivity contribution in [2.45, 2.75) is 32.5 Å². The highest BCUT2D eigenvalue weighted by molar-refractivity contribution is 6.33. The Labute approximate surface area is 275 Å². The molecule has 4 aromatic rings. The number of anilines is 2. The molecule has 2 aliphatic rings. The van der Waals surface area contributed by atoms with Crippen molar-refractivity contribution in [3.05, 3.63) is 75.0 Å². The first-order valence-corrected chi connectivity index (χ1v) is 15.3. The maximum Gasteiger partial charge on any atom is 0.433 e. The molecule has 1 fully saturated rings. The van der Waals surface area contributed by atoms with Gasteiger partial charge in [0.1, 0.15) is 23.7 Å². The number of alkyl halides is 3. The summed E-state index contributed by atoms with van der Waals surface area (Å²) in [5.41, 5.74) is -0.384. The van der Waals surface area contributed by atoms with Crippen LogP contribution in [0.2, 0.25) is 5.02 Å². The number of hydrogen-bond acceptors (Lipinski definition) is 10. The molecule has 18 heteroatoms. The molecule has 0 spiro atoms. The summed E-state index contributed by atoms with van der Waals surface area (Å²) in [6, 6.07) is 3.51. The minimum Gasteiger partial charge on any atom is -0.505 e. The maximum atomic E-state index is 14.1. The van der Waals surface area contributed by atoms with Crippen LogP contribution in [0.25, 0.3) is 11.4 Å². The summed E-state index contributed by atoms with van der Waals surface area (Å²) in [7, 11) is 0. The fourth-order valence-corrected chi connectivity index (χ4v) is 5.85. The van der Waals surface area contributed by atoms with E-state index in [1.807, 2.05) is 17.9 Å². The minimum atomic E-state index is -4.72. The molecule has 0 aromatic carbocycles. The Hall–Kier alpha value is -5.03. The van der Waals surface area contributed by atoms with E-state index in [2.05, 4.69) is 25.4 Å². The van der Waals surface area contributed by atoms with Crippen molar-refractivity contribution in [2.24, 2.45) is 0 Å². The molecule has 1 saturated heterocycles. The zero-order valence-electron chi connectivity index (χ0n) is 25.5. The van der Waals surface area contributed by atoms with Crippen molar-refractivity contribution in [3.63, 3.8) is 0 Å². The van der Waals surface area contributed by atoms with Gasteiger partial charge in [0, 0.05) is 32.4 Å². The minimum absolute atomic E-state index is 0.0732. The second kappa shape index (κ2) is 13.2. The highest BCUT2D eigenvalue weighted by Gasteiger charge is 2.33. The fourth-order valence-electron chi connectivity index (χ4n) is 5.65.